The van der Waals surface area contributed by atoms with Crippen LogP contribution in [0.3, 0.4) is 0 Å². The van der Waals surface area contributed by atoms with Gasteiger partial charge in [0.25, 0.3) is 5.91 Å². The van der Waals surface area contributed by atoms with Crippen LogP contribution in [0.4, 0.5) is 10.1 Å². The van der Waals surface area contributed by atoms with Crippen molar-refractivity contribution in [3.63, 3.8) is 0 Å². The summed E-state index contributed by atoms with van der Waals surface area (Å²) in [5.74, 6) is -0.689. The Morgan fingerprint density at radius 3 is 2.72 bits per heavy atom. The first-order valence-corrected chi connectivity index (χ1v) is 7.28. The second-order valence-corrected chi connectivity index (χ2v) is 5.57. The summed E-state index contributed by atoms with van der Waals surface area (Å²) in [6.07, 6.45) is 4.07. The fourth-order valence-corrected chi connectivity index (χ4v) is 2.87. The molecule has 18 heavy (non-hydrogen) atoms. The maximum absolute atomic E-state index is 13.3. The molecular formula is C13H17FN2OS. The van der Waals surface area contributed by atoms with Crippen molar-refractivity contribution in [1.29, 1.82) is 0 Å². The summed E-state index contributed by atoms with van der Waals surface area (Å²) < 4.78 is 13.3. The van der Waals surface area contributed by atoms with E-state index in [1.165, 1.54) is 12.1 Å². The number of hydrogen-bond donors (Lipinski definition) is 1. The van der Waals surface area contributed by atoms with Crippen molar-refractivity contribution < 1.29 is 9.18 Å². The number of nitrogens with two attached hydrogens (primary N) is 1. The van der Waals surface area contributed by atoms with Crippen molar-refractivity contribution in [1.82, 2.24) is 4.90 Å². The molecule has 1 aliphatic heterocycles. The fraction of sp³-hybridized carbons (Fsp3) is 0.462. The van der Waals surface area contributed by atoms with Crippen molar-refractivity contribution >= 4 is 23.4 Å². The zero-order valence-electron chi connectivity index (χ0n) is 10.4. The largest absolute Gasteiger partial charge is 0.396 e. The summed E-state index contributed by atoms with van der Waals surface area (Å²) in [5.41, 5.74) is 5.85. The number of rotatable bonds is 2. The topological polar surface area (TPSA) is 46.3 Å². The van der Waals surface area contributed by atoms with Gasteiger partial charge in [0, 0.05) is 18.3 Å². The minimum Gasteiger partial charge on any atom is -0.396 e. The van der Waals surface area contributed by atoms with Crippen LogP contribution in [0, 0.1) is 5.82 Å². The van der Waals surface area contributed by atoms with Crippen LogP contribution in [0.15, 0.2) is 18.2 Å². The number of para-hydroxylation sites is 1. The predicted molar refractivity (Wildman–Crippen MR) is 73.3 cm³/mol. The quantitative estimate of drug-likeness (QED) is 0.838. The molecule has 0 aromatic heterocycles. The molecule has 0 radical (unpaired) electrons. The van der Waals surface area contributed by atoms with Gasteiger partial charge in [0.2, 0.25) is 0 Å². The Labute approximate surface area is 111 Å². The van der Waals surface area contributed by atoms with E-state index in [4.69, 9.17) is 5.73 Å². The Bertz CT molecular complexity index is 445. The van der Waals surface area contributed by atoms with Crippen LogP contribution in [-0.4, -0.2) is 35.4 Å². The number of nitrogen functional groups attached to an aromatic ring is 1. The molecule has 3 nitrogen and oxygen atoms in total. The van der Waals surface area contributed by atoms with Gasteiger partial charge in [-0.2, -0.15) is 11.8 Å². The molecule has 1 amide bonds. The van der Waals surface area contributed by atoms with Crippen LogP contribution >= 0.6 is 11.8 Å². The average molecular weight is 268 g/mol. The predicted octanol–water partition coefficient (Wildman–Crippen LogP) is 2.38. The molecule has 0 spiro atoms. The number of likely N-dealkylation sites (tertiary alicyclic amines) is 1. The molecule has 0 atom stereocenters. The zero-order valence-corrected chi connectivity index (χ0v) is 11.2. The van der Waals surface area contributed by atoms with Crippen LogP contribution < -0.4 is 5.73 Å². The summed E-state index contributed by atoms with van der Waals surface area (Å²) in [6, 6.07) is 4.38. The van der Waals surface area contributed by atoms with Crippen LogP contribution in [0.2, 0.25) is 0 Å². The van der Waals surface area contributed by atoms with Gasteiger partial charge in [-0.15, -0.1) is 0 Å². The molecule has 0 unspecified atom stereocenters. The maximum Gasteiger partial charge on any atom is 0.256 e. The van der Waals surface area contributed by atoms with E-state index in [1.54, 1.807) is 11.0 Å². The number of halogens is 1. The third-order valence-electron chi connectivity index (χ3n) is 3.35. The lowest BCUT2D eigenvalue weighted by Crippen LogP contribution is -2.39. The molecule has 1 aromatic carbocycles. The van der Waals surface area contributed by atoms with Crippen LogP contribution in [0.5, 0.6) is 0 Å². The van der Waals surface area contributed by atoms with Gasteiger partial charge in [-0.05, 0) is 31.2 Å². The van der Waals surface area contributed by atoms with E-state index in [0.29, 0.717) is 5.25 Å². The molecule has 1 saturated heterocycles. The molecule has 1 aromatic rings. The Balaban J connectivity index is 2.10. The third-order valence-corrected chi connectivity index (χ3v) is 4.48. The van der Waals surface area contributed by atoms with Crippen molar-refractivity contribution in [2.24, 2.45) is 0 Å². The van der Waals surface area contributed by atoms with E-state index in [0.717, 1.165) is 25.9 Å². The summed E-state index contributed by atoms with van der Waals surface area (Å²) in [7, 11) is 0. The van der Waals surface area contributed by atoms with Gasteiger partial charge < -0.3 is 10.6 Å². The normalized spacial score (nSPS) is 16.9. The molecule has 5 heteroatoms. The standard InChI is InChI=1S/C13H17FN2OS/c1-18-9-5-7-16(8-6-9)13(17)10-3-2-4-11(14)12(10)15/h2-4,9H,5-8,15H2,1H3. The second-order valence-electron chi connectivity index (χ2n) is 4.43. The fourth-order valence-electron chi connectivity index (χ4n) is 2.19. The van der Waals surface area contributed by atoms with E-state index in [2.05, 4.69) is 6.26 Å². The minimum atomic E-state index is -0.528. The first-order chi connectivity index (χ1) is 8.63. The molecule has 0 aliphatic carbocycles. The Hall–Kier alpha value is -1.23. The highest BCUT2D eigenvalue weighted by atomic mass is 32.2. The van der Waals surface area contributed by atoms with Crippen LogP contribution in [0.1, 0.15) is 23.2 Å². The van der Waals surface area contributed by atoms with Crippen molar-refractivity contribution in [2.75, 3.05) is 25.1 Å². The number of piperidine rings is 1. The van der Waals surface area contributed by atoms with Gasteiger partial charge in [-0.1, -0.05) is 6.07 Å². The maximum atomic E-state index is 13.3. The van der Waals surface area contributed by atoms with Crippen LogP contribution in [0.25, 0.3) is 0 Å². The van der Waals surface area contributed by atoms with Gasteiger partial charge in [-0.3, -0.25) is 4.79 Å². The van der Waals surface area contributed by atoms with Gasteiger partial charge >= 0.3 is 0 Å². The summed E-state index contributed by atoms with van der Waals surface area (Å²) in [6.45, 7) is 1.45. The van der Waals surface area contributed by atoms with E-state index in [1.807, 2.05) is 11.8 Å². The highest BCUT2D eigenvalue weighted by Gasteiger charge is 2.24. The summed E-state index contributed by atoms with van der Waals surface area (Å²) in [5, 5.41) is 0.624. The number of anilines is 1. The monoisotopic (exact) mass is 268 g/mol. The molecule has 1 heterocycles. The van der Waals surface area contributed by atoms with Crippen LogP contribution in [-0.2, 0) is 0 Å². The smallest absolute Gasteiger partial charge is 0.256 e. The highest BCUT2D eigenvalue weighted by molar-refractivity contribution is 7.99. The van der Waals surface area contributed by atoms with Gasteiger partial charge in [0.05, 0.1) is 11.3 Å². The lowest BCUT2D eigenvalue weighted by Gasteiger charge is -2.31. The summed E-state index contributed by atoms with van der Waals surface area (Å²) >= 11 is 1.84. The van der Waals surface area contributed by atoms with Gasteiger partial charge in [0.15, 0.2) is 0 Å². The lowest BCUT2D eigenvalue weighted by molar-refractivity contribution is 0.0728. The molecule has 0 saturated carbocycles. The summed E-state index contributed by atoms with van der Waals surface area (Å²) in [4.78, 5) is 14.0. The number of carbonyl (C=O) groups excluding carboxylic acids is 1. The molecule has 98 valence electrons. The second kappa shape index (κ2) is 5.61. The molecule has 2 N–H and O–H groups in total. The SMILES string of the molecule is CSC1CCN(C(=O)c2cccc(F)c2N)CC1. The van der Waals surface area contributed by atoms with E-state index in [-0.39, 0.29) is 17.2 Å². The molecule has 0 bridgehead atoms. The number of thioether (sulfide) groups is 1. The van der Waals surface area contributed by atoms with Crippen molar-refractivity contribution in [3.8, 4) is 0 Å². The number of benzene rings is 1. The molecule has 1 aliphatic rings. The lowest BCUT2D eigenvalue weighted by atomic mass is 10.1. The third kappa shape index (κ3) is 2.61. The number of amides is 1. The van der Waals surface area contributed by atoms with Crippen molar-refractivity contribution in [2.45, 2.75) is 18.1 Å². The average Bonchev–Trinajstić information content (AvgIpc) is 2.41. The Morgan fingerprint density at radius 1 is 1.44 bits per heavy atom. The number of carbonyl (C=O) groups is 1. The first-order valence-electron chi connectivity index (χ1n) is 5.99. The first kappa shape index (κ1) is 13.2. The highest BCUT2D eigenvalue weighted by Crippen LogP contribution is 2.24. The van der Waals surface area contributed by atoms with E-state index >= 15 is 0 Å². The molecular weight excluding hydrogens is 251 g/mol. The number of hydrogen-bond acceptors (Lipinski definition) is 3. The van der Waals surface area contributed by atoms with E-state index in [9.17, 15) is 9.18 Å². The van der Waals surface area contributed by atoms with Gasteiger partial charge in [0.1, 0.15) is 5.82 Å². The number of nitrogens with zero attached hydrogens (tertiary/aromatic N) is 1. The molecule has 1 fully saturated rings. The minimum absolute atomic E-state index is 0.0468. The van der Waals surface area contributed by atoms with E-state index < -0.39 is 5.82 Å². The van der Waals surface area contributed by atoms with Crippen molar-refractivity contribution in [3.05, 3.63) is 29.6 Å². The Morgan fingerprint density at radius 2 is 2.11 bits per heavy atom. The zero-order chi connectivity index (χ0) is 13.1. The Kier molecular flexibility index (Phi) is 4.11. The van der Waals surface area contributed by atoms with Gasteiger partial charge in [-0.25, -0.2) is 4.39 Å². The molecule has 2 rings (SSSR count).